The van der Waals surface area contributed by atoms with Gasteiger partial charge in [0.25, 0.3) is 5.91 Å². The van der Waals surface area contributed by atoms with Crippen LogP contribution in [-0.2, 0) is 27.3 Å². The van der Waals surface area contributed by atoms with Crippen molar-refractivity contribution >= 4 is 29.0 Å². The molecule has 1 N–H and O–H groups in total. The maximum atomic E-state index is 12.6. The van der Waals surface area contributed by atoms with Crippen LogP contribution in [0.3, 0.4) is 0 Å². The summed E-state index contributed by atoms with van der Waals surface area (Å²) >= 11 is 1.71. The average molecular weight is 455 g/mol. The monoisotopic (exact) mass is 454 g/mol. The average Bonchev–Trinajstić information content (AvgIpc) is 3.41. The number of carbonyl (C=O) groups excluding carboxylic acids is 3. The lowest BCUT2D eigenvalue weighted by molar-refractivity contribution is -0.143. The van der Waals surface area contributed by atoms with Crippen molar-refractivity contribution in [3.05, 3.63) is 75.7 Å². The molecule has 0 unspecified atom stereocenters. The summed E-state index contributed by atoms with van der Waals surface area (Å²) < 4.78 is 12.4. The maximum Gasteiger partial charge on any atom is 0.325 e. The van der Waals surface area contributed by atoms with E-state index in [4.69, 9.17) is 9.47 Å². The van der Waals surface area contributed by atoms with Crippen molar-refractivity contribution in [2.45, 2.75) is 26.8 Å². The van der Waals surface area contributed by atoms with Gasteiger partial charge in [-0.25, -0.2) is 0 Å². The van der Waals surface area contributed by atoms with Crippen molar-refractivity contribution in [3.63, 3.8) is 0 Å². The van der Waals surface area contributed by atoms with Crippen LogP contribution in [0.25, 0.3) is 0 Å². The summed E-state index contributed by atoms with van der Waals surface area (Å²) in [5.41, 5.74) is 2.38. The van der Waals surface area contributed by atoms with E-state index in [0.717, 1.165) is 24.4 Å². The zero-order valence-corrected chi connectivity index (χ0v) is 18.9. The Bertz CT molecular complexity index is 1060. The van der Waals surface area contributed by atoms with Gasteiger partial charge in [-0.3, -0.25) is 14.4 Å². The van der Waals surface area contributed by atoms with Gasteiger partial charge in [0.2, 0.25) is 5.78 Å². The van der Waals surface area contributed by atoms with Crippen LogP contribution < -0.4 is 10.1 Å². The van der Waals surface area contributed by atoms with E-state index in [9.17, 15) is 14.4 Å². The van der Waals surface area contributed by atoms with Crippen LogP contribution in [0.15, 0.2) is 53.9 Å². The minimum atomic E-state index is -0.682. The van der Waals surface area contributed by atoms with E-state index >= 15 is 0 Å². The summed E-state index contributed by atoms with van der Waals surface area (Å²) in [5.74, 6) is -0.847. The highest BCUT2D eigenvalue weighted by molar-refractivity contribution is 7.09. The highest BCUT2D eigenvalue weighted by atomic mass is 32.1. The Hall–Kier alpha value is -3.39. The number of benzene rings is 1. The maximum absolute atomic E-state index is 12.6. The highest BCUT2D eigenvalue weighted by Crippen LogP contribution is 2.18. The second-order valence-electron chi connectivity index (χ2n) is 7.23. The zero-order valence-electron chi connectivity index (χ0n) is 18.1. The van der Waals surface area contributed by atoms with E-state index in [1.807, 2.05) is 37.4 Å². The predicted molar refractivity (Wildman–Crippen MR) is 122 cm³/mol. The summed E-state index contributed by atoms with van der Waals surface area (Å²) in [5, 5.41) is 4.47. The molecule has 8 heteroatoms. The molecule has 168 valence electrons. The lowest BCUT2D eigenvalue weighted by atomic mass is 10.1. The summed E-state index contributed by atoms with van der Waals surface area (Å²) in [4.78, 5) is 37.6. The topological polar surface area (TPSA) is 86.6 Å². The first-order chi connectivity index (χ1) is 15.4. The fraction of sp³-hybridized carbons (Fsp3) is 0.292. The standard InChI is InChI=1S/C24H26N2O5S/c1-17-13-21(18(2)26(17)11-10-20-9-6-12-32-20)22(27)15-31-24(29)14-25-23(28)16-30-19-7-4-3-5-8-19/h3-9,12-13H,10-11,14-16H2,1-2H3,(H,25,28). The summed E-state index contributed by atoms with van der Waals surface area (Å²) in [6.07, 6.45) is 0.893. The van der Waals surface area contributed by atoms with Gasteiger partial charge in [-0.2, -0.15) is 0 Å². The summed E-state index contributed by atoms with van der Waals surface area (Å²) in [6.45, 7) is 3.71. The molecular formula is C24H26N2O5S. The van der Waals surface area contributed by atoms with Crippen LogP contribution in [0, 0.1) is 13.8 Å². The summed E-state index contributed by atoms with van der Waals surface area (Å²) in [6, 6.07) is 14.8. The number of ether oxygens (including phenoxy) is 2. The smallest absolute Gasteiger partial charge is 0.325 e. The first-order valence-corrected chi connectivity index (χ1v) is 11.1. The number of para-hydroxylation sites is 1. The van der Waals surface area contributed by atoms with Gasteiger partial charge in [0.15, 0.2) is 13.2 Å². The molecule has 0 aliphatic rings. The number of hydrogen-bond donors (Lipinski definition) is 1. The third-order valence-electron chi connectivity index (χ3n) is 4.94. The Morgan fingerprint density at radius 2 is 1.81 bits per heavy atom. The Morgan fingerprint density at radius 1 is 1.03 bits per heavy atom. The van der Waals surface area contributed by atoms with E-state index in [-0.39, 0.29) is 25.5 Å². The molecule has 32 heavy (non-hydrogen) atoms. The number of aromatic nitrogens is 1. The number of thiophene rings is 1. The van der Waals surface area contributed by atoms with Crippen LogP contribution in [0.1, 0.15) is 26.6 Å². The van der Waals surface area contributed by atoms with E-state index in [0.29, 0.717) is 11.3 Å². The van der Waals surface area contributed by atoms with Crippen LogP contribution in [0.2, 0.25) is 0 Å². The number of ketones is 1. The molecule has 2 heterocycles. The van der Waals surface area contributed by atoms with Gasteiger partial charge in [-0.05, 0) is 49.9 Å². The van der Waals surface area contributed by atoms with E-state index < -0.39 is 11.9 Å². The van der Waals surface area contributed by atoms with Crippen LogP contribution in [-0.4, -0.2) is 42.0 Å². The molecule has 1 amide bonds. The minimum absolute atomic E-state index is 0.215. The molecule has 0 radical (unpaired) electrons. The molecule has 0 saturated heterocycles. The van der Waals surface area contributed by atoms with Crippen molar-refractivity contribution < 1.29 is 23.9 Å². The third-order valence-corrected chi connectivity index (χ3v) is 5.88. The second kappa shape index (κ2) is 11.3. The molecule has 3 rings (SSSR count). The molecule has 1 aromatic carbocycles. The number of amides is 1. The number of rotatable bonds is 11. The summed E-state index contributed by atoms with van der Waals surface area (Å²) in [7, 11) is 0. The zero-order chi connectivity index (χ0) is 22.9. The largest absolute Gasteiger partial charge is 0.484 e. The van der Waals surface area contributed by atoms with Crippen molar-refractivity contribution in [1.29, 1.82) is 0 Å². The van der Waals surface area contributed by atoms with Gasteiger partial charge in [-0.15, -0.1) is 11.3 Å². The van der Waals surface area contributed by atoms with E-state index in [2.05, 4.69) is 16.0 Å². The normalized spacial score (nSPS) is 10.6. The third kappa shape index (κ3) is 6.55. The van der Waals surface area contributed by atoms with E-state index in [1.165, 1.54) is 4.88 Å². The molecule has 0 aliphatic heterocycles. The Morgan fingerprint density at radius 3 is 2.53 bits per heavy atom. The molecule has 0 fully saturated rings. The van der Waals surface area contributed by atoms with Crippen molar-refractivity contribution in [3.8, 4) is 5.75 Å². The van der Waals surface area contributed by atoms with Crippen LogP contribution in [0.4, 0.5) is 0 Å². The molecule has 7 nitrogen and oxygen atoms in total. The quantitative estimate of drug-likeness (QED) is 0.355. The number of carbonyl (C=O) groups is 3. The number of nitrogens with one attached hydrogen (secondary N) is 1. The Labute approximate surface area is 191 Å². The number of esters is 1. The van der Waals surface area contributed by atoms with Gasteiger partial charge in [-0.1, -0.05) is 24.3 Å². The van der Waals surface area contributed by atoms with Crippen molar-refractivity contribution in [2.24, 2.45) is 0 Å². The fourth-order valence-electron chi connectivity index (χ4n) is 3.27. The van der Waals surface area contributed by atoms with Crippen molar-refractivity contribution in [1.82, 2.24) is 9.88 Å². The molecule has 0 bridgehead atoms. The number of Topliss-reactive ketones (excluding diaryl/α,β-unsaturated/α-hetero) is 1. The highest BCUT2D eigenvalue weighted by Gasteiger charge is 2.17. The molecule has 3 aromatic rings. The van der Waals surface area contributed by atoms with Gasteiger partial charge < -0.3 is 19.4 Å². The van der Waals surface area contributed by atoms with Crippen LogP contribution >= 0.6 is 11.3 Å². The van der Waals surface area contributed by atoms with Gasteiger partial charge in [0, 0.05) is 28.4 Å². The molecule has 0 atom stereocenters. The lowest BCUT2D eigenvalue weighted by Crippen LogP contribution is -2.34. The SMILES string of the molecule is Cc1cc(C(=O)COC(=O)CNC(=O)COc2ccccc2)c(C)n1CCc1cccs1. The van der Waals surface area contributed by atoms with Gasteiger partial charge in [0.05, 0.1) is 0 Å². The number of hydrogen-bond acceptors (Lipinski definition) is 6. The van der Waals surface area contributed by atoms with Gasteiger partial charge in [0.1, 0.15) is 12.3 Å². The minimum Gasteiger partial charge on any atom is -0.484 e. The van der Waals surface area contributed by atoms with E-state index in [1.54, 1.807) is 35.6 Å². The number of aryl methyl sites for hydroxylation is 2. The van der Waals surface area contributed by atoms with Crippen molar-refractivity contribution in [2.75, 3.05) is 19.8 Å². The second-order valence-corrected chi connectivity index (χ2v) is 8.26. The molecule has 0 aliphatic carbocycles. The Balaban J connectivity index is 1.42. The van der Waals surface area contributed by atoms with Crippen LogP contribution in [0.5, 0.6) is 5.75 Å². The predicted octanol–water partition coefficient (Wildman–Crippen LogP) is 3.33. The fourth-order valence-corrected chi connectivity index (χ4v) is 3.96. The molecule has 2 aromatic heterocycles. The molecular weight excluding hydrogens is 428 g/mol. The molecule has 0 spiro atoms. The Kier molecular flexibility index (Phi) is 8.21. The first-order valence-electron chi connectivity index (χ1n) is 10.3. The van der Waals surface area contributed by atoms with Gasteiger partial charge >= 0.3 is 5.97 Å². The lowest BCUT2D eigenvalue weighted by Gasteiger charge is -2.09. The first kappa shape index (κ1) is 23.3. The molecule has 0 saturated carbocycles. The number of nitrogens with zero attached hydrogens (tertiary/aromatic N) is 1.